The summed E-state index contributed by atoms with van der Waals surface area (Å²) in [7, 11) is 3.41. The Hall–Kier alpha value is -1.22. The molecule has 0 saturated heterocycles. The summed E-state index contributed by atoms with van der Waals surface area (Å²) >= 11 is 0. The van der Waals surface area contributed by atoms with E-state index in [2.05, 4.69) is 25.2 Å². The Kier molecular flexibility index (Phi) is 5.12. The average molecular weight is 223 g/mol. The van der Waals surface area contributed by atoms with Gasteiger partial charge in [-0.05, 0) is 44.0 Å². The van der Waals surface area contributed by atoms with E-state index in [0.29, 0.717) is 6.04 Å². The van der Waals surface area contributed by atoms with Crippen molar-refractivity contribution in [3.8, 4) is 5.75 Å². The molecule has 0 aliphatic carbocycles. The van der Waals surface area contributed by atoms with Gasteiger partial charge in [0.1, 0.15) is 5.75 Å². The summed E-state index contributed by atoms with van der Waals surface area (Å²) in [6, 6.07) is 6.47. The zero-order valence-electron chi connectivity index (χ0n) is 10.5. The highest BCUT2D eigenvalue weighted by atomic mass is 16.5. The van der Waals surface area contributed by atoms with Gasteiger partial charge >= 0.3 is 0 Å². The number of methoxy groups -OCH3 is 2. The first kappa shape index (κ1) is 12.8. The fraction of sp³-hybridized carbons (Fsp3) is 0.538. The first-order valence-electron chi connectivity index (χ1n) is 5.57. The number of hydrogen-bond acceptors (Lipinski definition) is 3. The molecule has 1 aromatic carbocycles. The molecule has 0 saturated carbocycles. The summed E-state index contributed by atoms with van der Waals surface area (Å²) in [6.07, 6.45) is 1.00. The fourth-order valence-electron chi connectivity index (χ4n) is 1.56. The van der Waals surface area contributed by atoms with Crippen LogP contribution in [0, 0.1) is 6.92 Å². The molecule has 1 unspecified atom stereocenters. The van der Waals surface area contributed by atoms with E-state index in [4.69, 9.17) is 9.47 Å². The minimum Gasteiger partial charge on any atom is -0.497 e. The second-order valence-electron chi connectivity index (χ2n) is 4.01. The molecule has 0 spiro atoms. The number of rotatable bonds is 6. The van der Waals surface area contributed by atoms with Crippen LogP contribution in [0.5, 0.6) is 5.75 Å². The van der Waals surface area contributed by atoms with Crippen LogP contribution in [-0.2, 0) is 4.74 Å². The maximum absolute atomic E-state index is 5.17. The maximum atomic E-state index is 5.17. The quantitative estimate of drug-likeness (QED) is 0.804. The number of aryl methyl sites for hydroxylation is 1. The monoisotopic (exact) mass is 223 g/mol. The van der Waals surface area contributed by atoms with E-state index < -0.39 is 0 Å². The van der Waals surface area contributed by atoms with E-state index in [9.17, 15) is 0 Å². The Bertz CT molecular complexity index is 326. The van der Waals surface area contributed by atoms with Gasteiger partial charge in [-0.1, -0.05) is 0 Å². The molecule has 1 atom stereocenters. The first-order chi connectivity index (χ1) is 7.67. The standard InChI is InChI=1S/C13H21NO2/c1-10-9-12(16-4)5-6-13(10)14-11(2)7-8-15-3/h5-6,9,11,14H,7-8H2,1-4H3. The number of anilines is 1. The second kappa shape index (κ2) is 6.38. The zero-order chi connectivity index (χ0) is 12.0. The van der Waals surface area contributed by atoms with Crippen molar-refractivity contribution in [2.24, 2.45) is 0 Å². The summed E-state index contributed by atoms with van der Waals surface area (Å²) < 4.78 is 10.2. The van der Waals surface area contributed by atoms with Gasteiger partial charge < -0.3 is 14.8 Å². The minimum atomic E-state index is 0.409. The van der Waals surface area contributed by atoms with E-state index in [1.807, 2.05) is 12.1 Å². The van der Waals surface area contributed by atoms with E-state index in [0.717, 1.165) is 24.5 Å². The molecular formula is C13H21NO2. The highest BCUT2D eigenvalue weighted by Crippen LogP contribution is 2.21. The Morgan fingerprint density at radius 2 is 2.06 bits per heavy atom. The summed E-state index contributed by atoms with van der Waals surface area (Å²) in [5, 5.41) is 3.46. The maximum Gasteiger partial charge on any atom is 0.119 e. The second-order valence-corrected chi connectivity index (χ2v) is 4.01. The van der Waals surface area contributed by atoms with Gasteiger partial charge in [0.25, 0.3) is 0 Å². The van der Waals surface area contributed by atoms with Gasteiger partial charge in [0.2, 0.25) is 0 Å². The van der Waals surface area contributed by atoms with Crippen molar-refractivity contribution < 1.29 is 9.47 Å². The lowest BCUT2D eigenvalue weighted by molar-refractivity contribution is 0.191. The van der Waals surface area contributed by atoms with Crippen LogP contribution in [0.15, 0.2) is 18.2 Å². The van der Waals surface area contributed by atoms with Crippen LogP contribution < -0.4 is 10.1 Å². The van der Waals surface area contributed by atoms with Crippen molar-refractivity contribution in [2.45, 2.75) is 26.3 Å². The van der Waals surface area contributed by atoms with E-state index in [-0.39, 0.29) is 0 Å². The average Bonchev–Trinajstić information content (AvgIpc) is 2.29. The van der Waals surface area contributed by atoms with Crippen LogP contribution in [0.1, 0.15) is 18.9 Å². The van der Waals surface area contributed by atoms with E-state index in [1.54, 1.807) is 14.2 Å². The Morgan fingerprint density at radius 3 is 2.62 bits per heavy atom. The topological polar surface area (TPSA) is 30.5 Å². The van der Waals surface area contributed by atoms with Gasteiger partial charge in [0.05, 0.1) is 7.11 Å². The van der Waals surface area contributed by atoms with Crippen LogP contribution >= 0.6 is 0 Å². The van der Waals surface area contributed by atoms with Crippen LogP contribution in [-0.4, -0.2) is 26.9 Å². The molecule has 0 aliphatic rings. The molecule has 0 aliphatic heterocycles. The van der Waals surface area contributed by atoms with Crippen molar-refractivity contribution in [2.75, 3.05) is 26.1 Å². The normalized spacial score (nSPS) is 12.2. The molecule has 0 amide bonds. The third-order valence-corrected chi connectivity index (χ3v) is 2.59. The Labute approximate surface area is 97.8 Å². The lowest BCUT2D eigenvalue weighted by Crippen LogP contribution is -2.17. The fourth-order valence-corrected chi connectivity index (χ4v) is 1.56. The summed E-state index contributed by atoms with van der Waals surface area (Å²) in [4.78, 5) is 0. The number of ether oxygens (including phenoxy) is 2. The minimum absolute atomic E-state index is 0.409. The van der Waals surface area contributed by atoms with Crippen LogP contribution in [0.2, 0.25) is 0 Å². The molecule has 1 rings (SSSR count). The van der Waals surface area contributed by atoms with Gasteiger partial charge in [-0.15, -0.1) is 0 Å². The molecule has 90 valence electrons. The Balaban J connectivity index is 2.59. The van der Waals surface area contributed by atoms with Gasteiger partial charge in [0, 0.05) is 25.4 Å². The number of hydrogen-bond donors (Lipinski definition) is 1. The largest absolute Gasteiger partial charge is 0.497 e. The molecule has 0 fully saturated rings. The smallest absolute Gasteiger partial charge is 0.119 e. The summed E-state index contributed by atoms with van der Waals surface area (Å²) in [6.45, 7) is 5.01. The third-order valence-electron chi connectivity index (χ3n) is 2.59. The molecule has 1 N–H and O–H groups in total. The lowest BCUT2D eigenvalue weighted by Gasteiger charge is -2.17. The zero-order valence-corrected chi connectivity index (χ0v) is 10.5. The van der Waals surface area contributed by atoms with Crippen molar-refractivity contribution in [3.05, 3.63) is 23.8 Å². The Morgan fingerprint density at radius 1 is 1.31 bits per heavy atom. The van der Waals surface area contributed by atoms with Gasteiger partial charge in [-0.3, -0.25) is 0 Å². The molecule has 3 heteroatoms. The molecule has 16 heavy (non-hydrogen) atoms. The highest BCUT2D eigenvalue weighted by Gasteiger charge is 2.04. The lowest BCUT2D eigenvalue weighted by atomic mass is 10.1. The van der Waals surface area contributed by atoms with E-state index >= 15 is 0 Å². The van der Waals surface area contributed by atoms with Crippen molar-refractivity contribution in [3.63, 3.8) is 0 Å². The third kappa shape index (κ3) is 3.74. The number of nitrogens with one attached hydrogen (secondary N) is 1. The molecular weight excluding hydrogens is 202 g/mol. The number of benzene rings is 1. The molecule has 0 aromatic heterocycles. The van der Waals surface area contributed by atoms with Crippen LogP contribution in [0.4, 0.5) is 5.69 Å². The predicted octanol–water partition coefficient (Wildman–Crippen LogP) is 2.84. The SMILES string of the molecule is COCCC(C)Nc1ccc(OC)cc1C. The van der Waals surface area contributed by atoms with Crippen molar-refractivity contribution >= 4 is 5.69 Å². The molecule has 0 bridgehead atoms. The van der Waals surface area contributed by atoms with Gasteiger partial charge in [0.15, 0.2) is 0 Å². The molecule has 3 nitrogen and oxygen atoms in total. The summed E-state index contributed by atoms with van der Waals surface area (Å²) in [5.74, 6) is 0.896. The summed E-state index contributed by atoms with van der Waals surface area (Å²) in [5.41, 5.74) is 2.35. The molecule has 1 aromatic rings. The molecule has 0 radical (unpaired) electrons. The van der Waals surface area contributed by atoms with Crippen molar-refractivity contribution in [1.82, 2.24) is 0 Å². The van der Waals surface area contributed by atoms with Crippen LogP contribution in [0.25, 0.3) is 0 Å². The van der Waals surface area contributed by atoms with Gasteiger partial charge in [-0.25, -0.2) is 0 Å². The highest BCUT2D eigenvalue weighted by molar-refractivity contribution is 5.54. The molecule has 0 heterocycles. The van der Waals surface area contributed by atoms with E-state index in [1.165, 1.54) is 5.56 Å². The van der Waals surface area contributed by atoms with Crippen LogP contribution in [0.3, 0.4) is 0 Å². The predicted molar refractivity (Wildman–Crippen MR) is 67.3 cm³/mol. The van der Waals surface area contributed by atoms with Crippen molar-refractivity contribution in [1.29, 1.82) is 0 Å². The first-order valence-corrected chi connectivity index (χ1v) is 5.57. The van der Waals surface area contributed by atoms with Gasteiger partial charge in [-0.2, -0.15) is 0 Å².